The number of carbonyl (C=O) groups excluding carboxylic acids is 1. The number of likely N-dealkylation sites (tertiary alicyclic amines) is 1. The molecule has 0 radical (unpaired) electrons. The fourth-order valence-corrected chi connectivity index (χ4v) is 5.72. The van der Waals surface area contributed by atoms with Crippen molar-refractivity contribution in [3.63, 3.8) is 0 Å². The number of piperidine rings is 1. The van der Waals surface area contributed by atoms with Crippen LogP contribution in [0.25, 0.3) is 21.0 Å². The van der Waals surface area contributed by atoms with Gasteiger partial charge in [-0.25, -0.2) is 9.67 Å². The van der Waals surface area contributed by atoms with Crippen molar-refractivity contribution in [2.24, 2.45) is 5.92 Å². The van der Waals surface area contributed by atoms with E-state index in [1.807, 2.05) is 55.1 Å². The van der Waals surface area contributed by atoms with E-state index in [2.05, 4.69) is 5.10 Å². The van der Waals surface area contributed by atoms with Crippen LogP contribution in [-0.4, -0.2) is 38.7 Å². The number of halogens is 1. The molecule has 3 heterocycles. The smallest absolute Gasteiger partial charge is 0.274 e. The molecule has 0 atom stereocenters. The first-order valence-electron chi connectivity index (χ1n) is 11.3. The predicted molar refractivity (Wildman–Crippen MR) is 133 cm³/mol. The number of fused-ring (bicyclic) bond motifs is 2. The largest absolute Gasteiger partial charge is 0.337 e. The van der Waals surface area contributed by atoms with Gasteiger partial charge in [0, 0.05) is 36.0 Å². The maximum Gasteiger partial charge on any atom is 0.274 e. The Hall–Kier alpha value is -2.77. The Morgan fingerprint density at radius 3 is 2.61 bits per heavy atom. The van der Waals surface area contributed by atoms with Crippen molar-refractivity contribution >= 4 is 49.8 Å². The van der Waals surface area contributed by atoms with Crippen LogP contribution < -0.4 is 5.56 Å². The molecule has 2 aromatic carbocycles. The van der Waals surface area contributed by atoms with Gasteiger partial charge in [0.25, 0.3) is 11.5 Å². The third-order valence-corrected chi connectivity index (χ3v) is 7.54. The van der Waals surface area contributed by atoms with Crippen LogP contribution in [0, 0.1) is 5.92 Å². The molecule has 0 N–H and O–H groups in total. The van der Waals surface area contributed by atoms with E-state index in [4.69, 9.17) is 16.6 Å². The molecule has 1 aliphatic rings. The van der Waals surface area contributed by atoms with E-state index in [1.54, 1.807) is 17.4 Å². The molecular formula is C25H25ClN4O2S. The zero-order chi connectivity index (χ0) is 23.1. The Bertz CT molecular complexity index is 1400. The van der Waals surface area contributed by atoms with Crippen molar-refractivity contribution in [3.05, 3.63) is 68.5 Å². The fourth-order valence-electron chi connectivity index (χ4n) is 4.44. The number of hydrogen-bond acceptors (Lipinski definition) is 5. The summed E-state index contributed by atoms with van der Waals surface area (Å²) in [6, 6.07) is 13.1. The summed E-state index contributed by atoms with van der Waals surface area (Å²) in [5, 5.41) is 7.48. The van der Waals surface area contributed by atoms with Crippen LogP contribution in [-0.2, 0) is 6.54 Å². The van der Waals surface area contributed by atoms with Crippen molar-refractivity contribution in [1.29, 1.82) is 0 Å². The molecule has 6 nitrogen and oxygen atoms in total. The number of aromatic nitrogens is 3. The van der Waals surface area contributed by atoms with Crippen LogP contribution in [0.15, 0.2) is 47.3 Å². The Kier molecular flexibility index (Phi) is 5.93. The van der Waals surface area contributed by atoms with Gasteiger partial charge in [-0.15, -0.1) is 11.3 Å². The average Bonchev–Trinajstić information content (AvgIpc) is 3.23. The minimum absolute atomic E-state index is 0.113. The van der Waals surface area contributed by atoms with E-state index >= 15 is 0 Å². The van der Waals surface area contributed by atoms with Crippen molar-refractivity contribution in [3.8, 4) is 0 Å². The van der Waals surface area contributed by atoms with E-state index < -0.39 is 0 Å². The first-order chi connectivity index (χ1) is 15.9. The van der Waals surface area contributed by atoms with Gasteiger partial charge >= 0.3 is 0 Å². The van der Waals surface area contributed by atoms with Gasteiger partial charge in [0.1, 0.15) is 0 Å². The van der Waals surface area contributed by atoms with Crippen molar-refractivity contribution in [2.75, 3.05) is 13.1 Å². The normalized spacial score (nSPS) is 15.1. The minimum Gasteiger partial charge on any atom is -0.337 e. The lowest BCUT2D eigenvalue weighted by Crippen LogP contribution is -2.39. The molecule has 1 amide bonds. The van der Waals surface area contributed by atoms with Crippen molar-refractivity contribution in [1.82, 2.24) is 19.7 Å². The van der Waals surface area contributed by atoms with Gasteiger partial charge in [-0.1, -0.05) is 43.6 Å². The summed E-state index contributed by atoms with van der Waals surface area (Å²) in [5.74, 6) is 0.460. The Labute approximate surface area is 200 Å². The molecule has 2 aromatic heterocycles. The third kappa shape index (κ3) is 4.27. The monoisotopic (exact) mass is 480 g/mol. The average molecular weight is 481 g/mol. The summed E-state index contributed by atoms with van der Waals surface area (Å²) in [6.07, 6.45) is 1.70. The van der Waals surface area contributed by atoms with Gasteiger partial charge in [-0.2, -0.15) is 5.10 Å². The Morgan fingerprint density at radius 2 is 1.88 bits per heavy atom. The fraction of sp³-hybridized carbons (Fsp3) is 0.360. The molecule has 0 aliphatic carbocycles. The van der Waals surface area contributed by atoms with Crippen LogP contribution in [0.1, 0.15) is 48.1 Å². The summed E-state index contributed by atoms with van der Waals surface area (Å²) in [5.41, 5.74) is 1.15. The topological polar surface area (TPSA) is 68.1 Å². The second-order valence-corrected chi connectivity index (χ2v) is 10.5. The third-order valence-electron chi connectivity index (χ3n) is 6.11. The highest BCUT2D eigenvalue weighted by Gasteiger charge is 2.29. The Balaban J connectivity index is 1.39. The molecule has 0 bridgehead atoms. The summed E-state index contributed by atoms with van der Waals surface area (Å²) >= 11 is 7.82. The second kappa shape index (κ2) is 8.88. The van der Waals surface area contributed by atoms with Gasteiger partial charge in [0.15, 0.2) is 5.69 Å². The molecule has 4 aromatic rings. The highest BCUT2D eigenvalue weighted by Crippen LogP contribution is 2.35. The lowest BCUT2D eigenvalue weighted by Gasteiger charge is -2.31. The van der Waals surface area contributed by atoms with Crippen LogP contribution in [0.2, 0.25) is 5.02 Å². The molecule has 1 fully saturated rings. The molecule has 5 rings (SSSR count). The van der Waals surface area contributed by atoms with Gasteiger partial charge < -0.3 is 4.90 Å². The minimum atomic E-state index is -0.148. The standard InChI is InChI=1S/C25H25ClN4O2S/c1-15(2)14-30-24(31)19-6-4-3-5-18(19)22(28-30)25(32)29-11-9-16(10-12-29)23-27-20-13-17(26)7-8-21(20)33-23/h3-8,13,15-16H,9-12,14H2,1-2H3. The summed E-state index contributed by atoms with van der Waals surface area (Å²) < 4.78 is 2.58. The van der Waals surface area contributed by atoms with Crippen LogP contribution in [0.3, 0.4) is 0 Å². The number of rotatable bonds is 4. The van der Waals surface area contributed by atoms with Crippen LogP contribution >= 0.6 is 22.9 Å². The lowest BCUT2D eigenvalue weighted by molar-refractivity contribution is 0.0706. The molecular weight excluding hydrogens is 456 g/mol. The first-order valence-corrected chi connectivity index (χ1v) is 12.5. The van der Waals surface area contributed by atoms with Gasteiger partial charge in [0.2, 0.25) is 0 Å². The van der Waals surface area contributed by atoms with E-state index in [0.717, 1.165) is 28.1 Å². The van der Waals surface area contributed by atoms with E-state index in [1.165, 1.54) is 4.68 Å². The quantitative estimate of drug-likeness (QED) is 0.395. The second-order valence-electron chi connectivity index (χ2n) is 9.01. The molecule has 0 spiro atoms. The van der Waals surface area contributed by atoms with E-state index in [9.17, 15) is 9.59 Å². The lowest BCUT2D eigenvalue weighted by atomic mass is 9.97. The predicted octanol–water partition coefficient (Wildman–Crippen LogP) is 5.34. The number of carbonyl (C=O) groups is 1. The van der Waals surface area contributed by atoms with E-state index in [0.29, 0.717) is 47.0 Å². The molecule has 170 valence electrons. The Morgan fingerprint density at radius 1 is 1.15 bits per heavy atom. The van der Waals surface area contributed by atoms with Crippen molar-refractivity contribution < 1.29 is 4.79 Å². The zero-order valence-corrected chi connectivity index (χ0v) is 20.2. The number of thiazole rings is 1. The SMILES string of the molecule is CC(C)Cn1nc(C(=O)N2CCC(c3nc4cc(Cl)ccc4s3)CC2)c2ccccc2c1=O. The van der Waals surface area contributed by atoms with Crippen molar-refractivity contribution in [2.45, 2.75) is 39.2 Å². The molecule has 8 heteroatoms. The van der Waals surface area contributed by atoms with Gasteiger partial charge in [0.05, 0.1) is 20.6 Å². The summed E-state index contributed by atoms with van der Waals surface area (Å²) in [7, 11) is 0. The van der Waals surface area contributed by atoms with Gasteiger partial charge in [-0.3, -0.25) is 9.59 Å². The molecule has 0 saturated carbocycles. The highest BCUT2D eigenvalue weighted by atomic mass is 35.5. The number of nitrogens with zero attached hydrogens (tertiary/aromatic N) is 4. The number of amides is 1. The highest BCUT2D eigenvalue weighted by molar-refractivity contribution is 7.18. The van der Waals surface area contributed by atoms with Crippen LogP contribution in [0.5, 0.6) is 0 Å². The summed E-state index contributed by atoms with van der Waals surface area (Å²) in [4.78, 5) is 33.0. The van der Waals surface area contributed by atoms with Gasteiger partial charge in [-0.05, 0) is 43.0 Å². The molecule has 33 heavy (non-hydrogen) atoms. The number of hydrogen-bond donors (Lipinski definition) is 0. The molecule has 1 aliphatic heterocycles. The number of benzene rings is 2. The maximum atomic E-state index is 13.5. The maximum absolute atomic E-state index is 13.5. The molecule has 0 unspecified atom stereocenters. The first kappa shape index (κ1) is 22.0. The molecule has 1 saturated heterocycles. The summed E-state index contributed by atoms with van der Waals surface area (Å²) in [6.45, 7) is 5.82. The van der Waals surface area contributed by atoms with Crippen LogP contribution in [0.4, 0.5) is 0 Å². The van der Waals surface area contributed by atoms with E-state index in [-0.39, 0.29) is 17.4 Å². The zero-order valence-electron chi connectivity index (χ0n) is 18.6.